The van der Waals surface area contributed by atoms with Gasteiger partial charge in [0.1, 0.15) is 11.4 Å². The highest BCUT2D eigenvalue weighted by Crippen LogP contribution is 2.45. The van der Waals surface area contributed by atoms with Gasteiger partial charge in [0.25, 0.3) is 0 Å². The molecule has 1 aliphatic heterocycles. The molecule has 1 aromatic carbocycles. The lowest BCUT2D eigenvalue weighted by Gasteiger charge is -2.46. The number of halogens is 5. The van der Waals surface area contributed by atoms with E-state index in [1.807, 2.05) is 13.8 Å². The highest BCUT2D eigenvalue weighted by molar-refractivity contribution is 5.68. The van der Waals surface area contributed by atoms with Crippen LogP contribution in [-0.4, -0.2) is 54.7 Å². The van der Waals surface area contributed by atoms with Gasteiger partial charge >= 0.3 is 18.9 Å². The number of carbonyl (C=O) groups excluding carboxylic acids is 1. The maximum atomic E-state index is 13.7. The second-order valence-electron chi connectivity index (χ2n) is 11.8. The zero-order valence-corrected chi connectivity index (χ0v) is 22.1. The van der Waals surface area contributed by atoms with Crippen LogP contribution in [0.15, 0.2) is 24.3 Å². The molecule has 10 heteroatoms. The number of hydrogen-bond acceptors (Lipinski definition) is 4. The van der Waals surface area contributed by atoms with Crippen LogP contribution in [0, 0.1) is 5.41 Å². The van der Waals surface area contributed by atoms with E-state index < -0.39 is 47.5 Å². The summed E-state index contributed by atoms with van der Waals surface area (Å²) >= 11 is 0. The minimum Gasteiger partial charge on any atom is -0.444 e. The molecule has 0 saturated carbocycles. The summed E-state index contributed by atoms with van der Waals surface area (Å²) in [7, 11) is 0. The van der Waals surface area contributed by atoms with Crippen molar-refractivity contribution in [2.75, 3.05) is 19.7 Å². The molecule has 0 unspecified atom stereocenters. The van der Waals surface area contributed by atoms with Crippen LogP contribution in [0.3, 0.4) is 0 Å². The molecule has 1 atom stereocenters. The van der Waals surface area contributed by atoms with Gasteiger partial charge < -0.3 is 19.1 Å². The van der Waals surface area contributed by atoms with Crippen LogP contribution in [0.1, 0.15) is 73.3 Å². The summed E-state index contributed by atoms with van der Waals surface area (Å²) < 4.78 is 82.1. The number of hydrogen-bond donors (Lipinski definition) is 0. The third-order valence-electron chi connectivity index (χ3n) is 6.39. The van der Waals surface area contributed by atoms with Crippen molar-refractivity contribution in [2.45, 2.75) is 97.1 Å². The van der Waals surface area contributed by atoms with Gasteiger partial charge in [0.05, 0.1) is 11.0 Å². The molecule has 2 rings (SSSR count). The van der Waals surface area contributed by atoms with Gasteiger partial charge in [0.15, 0.2) is 0 Å². The smallest absolute Gasteiger partial charge is 0.410 e. The fraction of sp³-hybridized carbons (Fsp3) is 0.731. The molecule has 206 valence electrons. The summed E-state index contributed by atoms with van der Waals surface area (Å²) in [6.45, 7) is 7.83. The third-order valence-corrected chi connectivity index (χ3v) is 6.39. The van der Waals surface area contributed by atoms with Gasteiger partial charge in [-0.15, -0.1) is 0 Å². The van der Waals surface area contributed by atoms with E-state index in [0.29, 0.717) is 25.9 Å². The molecule has 0 spiro atoms. The van der Waals surface area contributed by atoms with Gasteiger partial charge in [-0.2, -0.15) is 22.0 Å². The first-order valence-corrected chi connectivity index (χ1v) is 12.0. The van der Waals surface area contributed by atoms with Crippen LogP contribution >= 0.6 is 0 Å². The molecule has 1 aliphatic rings. The normalized spacial score (nSPS) is 20.8. The van der Waals surface area contributed by atoms with Crippen LogP contribution in [0.5, 0.6) is 5.75 Å². The maximum Gasteiger partial charge on any atom is 0.410 e. The second kappa shape index (κ2) is 10.7. The van der Waals surface area contributed by atoms with Crippen molar-refractivity contribution in [2.24, 2.45) is 5.41 Å². The Kier molecular flexibility index (Phi) is 8.97. The standard InChI is InChI=1S/C26H38F5NO4/c1-22(2,3)36-21(33)32(17-23(4,5)26(29,30)31)14-12-25(13-15-34-24(6,7)16-25)18-8-10-19(11-9-18)35-20(27)28/h8-11,20H,12-17H2,1-7H3/t25-/m1/s1. The Balaban J connectivity index is 2.39. The Morgan fingerprint density at radius 2 is 1.67 bits per heavy atom. The van der Waals surface area contributed by atoms with Gasteiger partial charge in [-0.1, -0.05) is 12.1 Å². The minimum atomic E-state index is -4.52. The molecule has 0 aliphatic carbocycles. The van der Waals surface area contributed by atoms with Crippen molar-refractivity contribution in [3.63, 3.8) is 0 Å². The fourth-order valence-electron chi connectivity index (χ4n) is 4.55. The van der Waals surface area contributed by atoms with Crippen LogP contribution < -0.4 is 4.74 Å². The molecular weight excluding hydrogens is 485 g/mol. The number of carbonyl (C=O) groups is 1. The zero-order valence-electron chi connectivity index (χ0n) is 22.1. The number of rotatable bonds is 8. The minimum absolute atomic E-state index is 0.0116. The fourth-order valence-corrected chi connectivity index (χ4v) is 4.55. The number of amides is 1. The Labute approximate surface area is 210 Å². The number of alkyl halides is 5. The molecule has 0 aromatic heterocycles. The topological polar surface area (TPSA) is 48.0 Å². The molecule has 1 fully saturated rings. The molecule has 1 saturated heterocycles. The van der Waals surface area contributed by atoms with Gasteiger partial charge in [0, 0.05) is 25.1 Å². The van der Waals surface area contributed by atoms with E-state index in [2.05, 4.69) is 4.74 Å². The van der Waals surface area contributed by atoms with E-state index in [0.717, 1.165) is 24.3 Å². The first kappa shape index (κ1) is 30.1. The molecule has 36 heavy (non-hydrogen) atoms. The SMILES string of the molecule is CC(C)(C)OC(=O)N(CC[C@@]1(c2ccc(OC(F)F)cc2)CCOC(C)(C)C1)CC(C)(C)C(F)(F)F. The van der Waals surface area contributed by atoms with E-state index in [4.69, 9.17) is 9.47 Å². The Bertz CT molecular complexity index is 878. The molecule has 1 amide bonds. The van der Waals surface area contributed by atoms with Gasteiger partial charge in [-0.05, 0) is 85.4 Å². The molecule has 1 heterocycles. The summed E-state index contributed by atoms with van der Waals surface area (Å²) in [4.78, 5) is 14.1. The first-order chi connectivity index (χ1) is 16.3. The Hall–Kier alpha value is -2.10. The van der Waals surface area contributed by atoms with E-state index in [1.54, 1.807) is 32.9 Å². The molecular formula is C26H38F5NO4. The largest absolute Gasteiger partial charge is 0.444 e. The average Bonchev–Trinajstić information content (AvgIpc) is 2.68. The van der Waals surface area contributed by atoms with Gasteiger partial charge in [0.2, 0.25) is 0 Å². The van der Waals surface area contributed by atoms with Crippen molar-refractivity contribution >= 4 is 6.09 Å². The van der Waals surface area contributed by atoms with E-state index in [-0.39, 0.29) is 12.3 Å². The van der Waals surface area contributed by atoms with Crippen molar-refractivity contribution in [1.29, 1.82) is 0 Å². The van der Waals surface area contributed by atoms with E-state index in [9.17, 15) is 26.7 Å². The second-order valence-corrected chi connectivity index (χ2v) is 11.8. The number of benzene rings is 1. The summed E-state index contributed by atoms with van der Waals surface area (Å²) in [5.41, 5.74) is -3.30. The molecule has 0 radical (unpaired) electrons. The Morgan fingerprint density at radius 1 is 1.08 bits per heavy atom. The lowest BCUT2D eigenvalue weighted by Crippen LogP contribution is -2.50. The van der Waals surface area contributed by atoms with Crippen LogP contribution in [0.25, 0.3) is 0 Å². The predicted octanol–water partition coefficient (Wildman–Crippen LogP) is 7.33. The number of ether oxygens (including phenoxy) is 3. The van der Waals surface area contributed by atoms with Gasteiger partial charge in [-0.25, -0.2) is 4.79 Å². The van der Waals surface area contributed by atoms with Crippen LogP contribution in [-0.2, 0) is 14.9 Å². The van der Waals surface area contributed by atoms with Crippen LogP contribution in [0.2, 0.25) is 0 Å². The molecule has 0 bridgehead atoms. The van der Waals surface area contributed by atoms with Gasteiger partial charge in [-0.3, -0.25) is 0 Å². The van der Waals surface area contributed by atoms with E-state index in [1.165, 1.54) is 12.1 Å². The highest BCUT2D eigenvalue weighted by Gasteiger charge is 2.50. The summed E-state index contributed by atoms with van der Waals surface area (Å²) in [5.74, 6) is 0.0116. The third kappa shape index (κ3) is 8.21. The first-order valence-electron chi connectivity index (χ1n) is 12.0. The highest BCUT2D eigenvalue weighted by atomic mass is 19.4. The van der Waals surface area contributed by atoms with E-state index >= 15 is 0 Å². The van der Waals surface area contributed by atoms with Crippen LogP contribution in [0.4, 0.5) is 26.7 Å². The predicted molar refractivity (Wildman–Crippen MR) is 126 cm³/mol. The monoisotopic (exact) mass is 523 g/mol. The quantitative estimate of drug-likeness (QED) is 0.335. The van der Waals surface area contributed by atoms with Crippen molar-refractivity contribution in [1.82, 2.24) is 4.90 Å². The lowest BCUT2D eigenvalue weighted by molar-refractivity contribution is -0.215. The Morgan fingerprint density at radius 3 is 2.14 bits per heavy atom. The zero-order chi connectivity index (χ0) is 27.6. The molecule has 0 N–H and O–H groups in total. The molecule has 5 nitrogen and oxygen atoms in total. The summed E-state index contributed by atoms with van der Waals surface area (Å²) in [6.07, 6.45) is -3.92. The number of nitrogens with zero attached hydrogens (tertiary/aromatic N) is 1. The lowest BCUT2D eigenvalue weighted by atomic mass is 9.67. The maximum absolute atomic E-state index is 13.7. The average molecular weight is 524 g/mol. The molecule has 1 aromatic rings. The summed E-state index contributed by atoms with van der Waals surface area (Å²) in [5, 5.41) is 0. The van der Waals surface area contributed by atoms with Crippen molar-refractivity contribution < 1.29 is 41.0 Å². The summed E-state index contributed by atoms with van der Waals surface area (Å²) in [6, 6.07) is 6.28. The van der Waals surface area contributed by atoms with Crippen molar-refractivity contribution in [3.8, 4) is 5.75 Å². The van der Waals surface area contributed by atoms with Crippen molar-refractivity contribution in [3.05, 3.63) is 29.8 Å².